The van der Waals surface area contributed by atoms with Crippen molar-refractivity contribution in [2.24, 2.45) is 5.92 Å². The second kappa shape index (κ2) is 13.0. The van der Waals surface area contributed by atoms with Crippen molar-refractivity contribution < 1.29 is 49.1 Å². The standard InChI is InChI=1S/C36H36O10/c1-16(2)7-9-19(20-13-25(39)29-23(37)10-11-24(38)31(29)33(20)42)21-14-26(40)30-27(41)15-22(35(44)32(30)34(21)43)28(12-8-17(3)4)46-36(45)18(5)6/h7-8,10-11,13-15,18-19,28,37-38,40,43H,9,12H2,1-6H3/t19-,28+/m1/s1. The molecule has 46 heavy (non-hydrogen) atoms. The van der Waals surface area contributed by atoms with Gasteiger partial charge in [-0.25, -0.2) is 0 Å². The Morgan fingerprint density at radius 1 is 0.717 bits per heavy atom. The van der Waals surface area contributed by atoms with Crippen LogP contribution in [0.25, 0.3) is 0 Å². The van der Waals surface area contributed by atoms with Crippen molar-refractivity contribution in [2.45, 2.75) is 66.4 Å². The van der Waals surface area contributed by atoms with E-state index in [2.05, 4.69) is 0 Å². The maximum atomic E-state index is 14.0. The van der Waals surface area contributed by atoms with Crippen LogP contribution in [0.15, 0.2) is 64.8 Å². The van der Waals surface area contributed by atoms with Gasteiger partial charge < -0.3 is 25.2 Å². The molecule has 2 atom stereocenters. The third-order valence-electron chi connectivity index (χ3n) is 7.84. The summed E-state index contributed by atoms with van der Waals surface area (Å²) in [6.45, 7) is 10.4. The molecule has 0 aliphatic heterocycles. The maximum Gasteiger partial charge on any atom is 0.308 e. The van der Waals surface area contributed by atoms with Gasteiger partial charge in [-0.3, -0.25) is 24.0 Å². The number of esters is 1. The number of carbonyl (C=O) groups excluding carboxylic acids is 5. The van der Waals surface area contributed by atoms with Crippen molar-refractivity contribution in [3.05, 3.63) is 92.6 Å². The summed E-state index contributed by atoms with van der Waals surface area (Å²) < 4.78 is 5.61. The number of hydrogen-bond donors (Lipinski definition) is 4. The van der Waals surface area contributed by atoms with E-state index in [1.165, 1.54) is 0 Å². The van der Waals surface area contributed by atoms with E-state index in [4.69, 9.17) is 4.74 Å². The summed E-state index contributed by atoms with van der Waals surface area (Å²) in [5, 5.41) is 43.5. The van der Waals surface area contributed by atoms with E-state index in [-0.39, 0.29) is 35.1 Å². The first-order valence-electron chi connectivity index (χ1n) is 14.8. The normalized spacial score (nSPS) is 15.4. The van der Waals surface area contributed by atoms with Crippen molar-refractivity contribution in [3.8, 4) is 23.0 Å². The Labute approximate surface area is 266 Å². The quantitative estimate of drug-likeness (QED) is 0.142. The number of fused-ring (bicyclic) bond motifs is 2. The fourth-order valence-corrected chi connectivity index (χ4v) is 5.45. The summed E-state index contributed by atoms with van der Waals surface area (Å²) >= 11 is 0. The summed E-state index contributed by atoms with van der Waals surface area (Å²) in [5.74, 6) is -7.91. The number of hydrogen-bond acceptors (Lipinski definition) is 10. The zero-order valence-corrected chi connectivity index (χ0v) is 26.4. The van der Waals surface area contributed by atoms with Gasteiger partial charge in [-0.2, -0.15) is 0 Å². The average molecular weight is 629 g/mol. The zero-order chi connectivity index (χ0) is 34.2. The highest BCUT2D eigenvalue weighted by Gasteiger charge is 2.40. The fourth-order valence-electron chi connectivity index (χ4n) is 5.45. The monoisotopic (exact) mass is 628 g/mol. The highest BCUT2D eigenvalue weighted by Crippen LogP contribution is 2.47. The summed E-state index contributed by atoms with van der Waals surface area (Å²) in [4.78, 5) is 66.9. The zero-order valence-electron chi connectivity index (χ0n) is 26.4. The van der Waals surface area contributed by atoms with Crippen LogP contribution in [0.2, 0.25) is 0 Å². The Hall–Kier alpha value is -5.25. The Morgan fingerprint density at radius 2 is 1.22 bits per heavy atom. The fraction of sp³-hybridized carbons (Fsp3) is 0.306. The van der Waals surface area contributed by atoms with Crippen LogP contribution in [-0.4, -0.2) is 55.6 Å². The Bertz CT molecular complexity index is 1810. The molecule has 4 N–H and O–H groups in total. The maximum absolute atomic E-state index is 14.0. The number of ether oxygens (including phenoxy) is 1. The molecule has 2 aliphatic rings. The van der Waals surface area contributed by atoms with Gasteiger partial charge in [0.2, 0.25) is 0 Å². The van der Waals surface area contributed by atoms with Crippen LogP contribution in [0.5, 0.6) is 23.0 Å². The Balaban J connectivity index is 1.91. The molecule has 0 radical (unpaired) electrons. The molecule has 0 amide bonds. The average Bonchev–Trinajstić information content (AvgIpc) is 2.97. The number of ketones is 4. The lowest BCUT2D eigenvalue weighted by Crippen LogP contribution is -2.30. The van der Waals surface area contributed by atoms with E-state index in [1.807, 2.05) is 13.8 Å². The number of carbonyl (C=O) groups is 5. The smallest absolute Gasteiger partial charge is 0.308 e. The molecule has 0 saturated heterocycles. The molecule has 10 nitrogen and oxygen atoms in total. The lowest BCUT2D eigenvalue weighted by molar-refractivity contribution is -0.150. The van der Waals surface area contributed by atoms with Crippen LogP contribution in [0.1, 0.15) is 107 Å². The highest BCUT2D eigenvalue weighted by molar-refractivity contribution is 6.28. The summed E-state index contributed by atoms with van der Waals surface area (Å²) in [6.07, 6.45) is 4.33. The van der Waals surface area contributed by atoms with Crippen molar-refractivity contribution in [1.29, 1.82) is 0 Å². The van der Waals surface area contributed by atoms with Gasteiger partial charge in [0.1, 0.15) is 29.1 Å². The second-order valence-electron chi connectivity index (χ2n) is 12.2. The molecule has 240 valence electrons. The van der Waals surface area contributed by atoms with Crippen LogP contribution in [-0.2, 0) is 9.53 Å². The van der Waals surface area contributed by atoms with Crippen LogP contribution in [0.3, 0.4) is 0 Å². The number of phenolic OH excluding ortho intramolecular Hbond substituents is 4. The molecule has 2 aromatic rings. The van der Waals surface area contributed by atoms with Gasteiger partial charge in [0.25, 0.3) is 0 Å². The van der Waals surface area contributed by atoms with Crippen molar-refractivity contribution in [2.75, 3.05) is 0 Å². The third kappa shape index (κ3) is 6.28. The molecular weight excluding hydrogens is 592 g/mol. The lowest BCUT2D eigenvalue weighted by Gasteiger charge is -2.28. The molecule has 10 heteroatoms. The first-order valence-corrected chi connectivity index (χ1v) is 14.8. The molecular formula is C36H36O10. The van der Waals surface area contributed by atoms with E-state index in [0.717, 1.165) is 41.5 Å². The molecule has 0 saturated carbocycles. The van der Waals surface area contributed by atoms with E-state index >= 15 is 0 Å². The number of phenols is 4. The van der Waals surface area contributed by atoms with Gasteiger partial charge in [-0.05, 0) is 64.5 Å². The number of allylic oxidation sites excluding steroid dienone is 6. The van der Waals surface area contributed by atoms with Gasteiger partial charge in [0.05, 0.1) is 28.2 Å². The second-order valence-corrected chi connectivity index (χ2v) is 12.2. The number of aromatic hydroxyl groups is 4. The van der Waals surface area contributed by atoms with E-state index in [0.29, 0.717) is 0 Å². The Kier molecular flexibility index (Phi) is 9.51. The SMILES string of the molecule is CC(C)=CC[C@H](OC(=O)C(C)C)C1=CC(=O)c2c(O)cc([C@H](CC=C(C)C)C3=CC(=O)c4c(O)ccc(O)c4C3=O)c(O)c2C1=O. The van der Waals surface area contributed by atoms with Crippen LogP contribution in [0, 0.1) is 5.92 Å². The molecule has 0 bridgehead atoms. The van der Waals surface area contributed by atoms with Gasteiger partial charge in [0.15, 0.2) is 23.1 Å². The molecule has 2 aromatic carbocycles. The predicted molar refractivity (Wildman–Crippen MR) is 169 cm³/mol. The van der Waals surface area contributed by atoms with Crippen molar-refractivity contribution in [3.63, 3.8) is 0 Å². The molecule has 0 unspecified atom stereocenters. The van der Waals surface area contributed by atoms with E-state index < -0.39 is 86.7 Å². The summed E-state index contributed by atoms with van der Waals surface area (Å²) in [7, 11) is 0. The molecule has 0 heterocycles. The van der Waals surface area contributed by atoms with Crippen LogP contribution >= 0.6 is 0 Å². The minimum Gasteiger partial charge on any atom is -0.507 e. The lowest BCUT2D eigenvalue weighted by atomic mass is 9.76. The minimum atomic E-state index is -1.17. The molecule has 4 rings (SSSR count). The van der Waals surface area contributed by atoms with Crippen molar-refractivity contribution >= 4 is 29.1 Å². The van der Waals surface area contributed by atoms with Crippen LogP contribution in [0.4, 0.5) is 0 Å². The third-order valence-corrected chi connectivity index (χ3v) is 7.84. The topological polar surface area (TPSA) is 176 Å². The number of rotatable bonds is 9. The van der Waals surface area contributed by atoms with Crippen LogP contribution < -0.4 is 0 Å². The minimum absolute atomic E-state index is 0.00785. The first kappa shape index (κ1) is 33.6. The summed E-state index contributed by atoms with van der Waals surface area (Å²) in [6, 6.07) is 3.23. The molecule has 0 spiro atoms. The largest absolute Gasteiger partial charge is 0.507 e. The van der Waals surface area contributed by atoms with Gasteiger partial charge in [-0.1, -0.05) is 37.1 Å². The summed E-state index contributed by atoms with van der Waals surface area (Å²) in [5.41, 5.74) is -0.610. The molecule has 0 aromatic heterocycles. The number of Topliss-reactive ketones (excluding diaryl/α,β-unsaturated/α-hetero) is 2. The molecule has 0 fully saturated rings. The predicted octanol–water partition coefficient (Wildman–Crippen LogP) is 6.18. The number of benzene rings is 2. The van der Waals surface area contributed by atoms with Gasteiger partial charge in [0, 0.05) is 29.0 Å². The van der Waals surface area contributed by atoms with E-state index in [9.17, 15) is 44.4 Å². The van der Waals surface area contributed by atoms with Crippen molar-refractivity contribution in [1.82, 2.24) is 0 Å². The molecule has 2 aliphatic carbocycles. The first-order chi connectivity index (χ1) is 21.5. The Morgan fingerprint density at radius 3 is 1.78 bits per heavy atom. The van der Waals surface area contributed by atoms with Gasteiger partial charge >= 0.3 is 5.97 Å². The highest BCUT2D eigenvalue weighted by atomic mass is 16.5. The van der Waals surface area contributed by atoms with E-state index in [1.54, 1.807) is 39.8 Å². The van der Waals surface area contributed by atoms with Gasteiger partial charge in [-0.15, -0.1) is 0 Å².